The highest BCUT2D eigenvalue weighted by Gasteiger charge is 2.32. The third-order valence-electron chi connectivity index (χ3n) is 4.69. The summed E-state index contributed by atoms with van der Waals surface area (Å²) in [6.45, 7) is 8.19. The minimum atomic E-state index is -0.453. The van der Waals surface area contributed by atoms with Gasteiger partial charge >= 0.3 is 0 Å². The zero-order valence-electron chi connectivity index (χ0n) is 15.0. The van der Waals surface area contributed by atoms with E-state index >= 15 is 0 Å². The first kappa shape index (κ1) is 18.3. The summed E-state index contributed by atoms with van der Waals surface area (Å²) in [5.74, 6) is -0.839. The molecule has 2 aliphatic rings. The first-order valence-electron chi connectivity index (χ1n) is 8.92. The van der Waals surface area contributed by atoms with Crippen molar-refractivity contribution in [3.63, 3.8) is 0 Å². The molecule has 0 radical (unpaired) electrons. The number of anilines is 1. The summed E-state index contributed by atoms with van der Waals surface area (Å²) in [6.07, 6.45) is 6.57. The second kappa shape index (κ2) is 7.83. The molecule has 5 nitrogen and oxygen atoms in total. The number of benzene rings is 1. The lowest BCUT2D eigenvalue weighted by Crippen LogP contribution is -2.53. The highest BCUT2D eigenvalue weighted by molar-refractivity contribution is 7.80. The third kappa shape index (κ3) is 3.55. The molecular weight excluding hydrogens is 346 g/mol. The van der Waals surface area contributed by atoms with Gasteiger partial charge in [0.2, 0.25) is 0 Å². The van der Waals surface area contributed by atoms with E-state index in [9.17, 15) is 9.59 Å². The van der Waals surface area contributed by atoms with Gasteiger partial charge in [-0.25, -0.2) is 0 Å². The Labute approximate surface area is 159 Å². The second-order valence-electron chi connectivity index (χ2n) is 6.50. The number of nitrogens with zero attached hydrogens (tertiary/aromatic N) is 2. The summed E-state index contributed by atoms with van der Waals surface area (Å²) >= 11 is 5.07. The van der Waals surface area contributed by atoms with Crippen LogP contribution in [0.4, 0.5) is 5.69 Å². The molecule has 0 aromatic heterocycles. The van der Waals surface area contributed by atoms with Crippen molar-refractivity contribution in [2.24, 2.45) is 0 Å². The van der Waals surface area contributed by atoms with Crippen LogP contribution in [0.2, 0.25) is 0 Å². The van der Waals surface area contributed by atoms with Crippen molar-refractivity contribution < 1.29 is 9.59 Å². The quantitative estimate of drug-likeness (QED) is 0.363. The maximum atomic E-state index is 12.6. The van der Waals surface area contributed by atoms with Gasteiger partial charge in [-0.2, -0.15) is 0 Å². The van der Waals surface area contributed by atoms with Gasteiger partial charge in [-0.3, -0.25) is 19.8 Å². The Kier molecular flexibility index (Phi) is 5.52. The fraction of sp³-hybridized carbons (Fsp3) is 0.350. The van der Waals surface area contributed by atoms with Crippen molar-refractivity contribution in [3.05, 3.63) is 47.6 Å². The van der Waals surface area contributed by atoms with Crippen molar-refractivity contribution in [3.8, 4) is 0 Å². The van der Waals surface area contributed by atoms with Gasteiger partial charge in [-0.1, -0.05) is 25.5 Å². The van der Waals surface area contributed by atoms with Gasteiger partial charge in [0, 0.05) is 25.3 Å². The molecule has 0 bridgehead atoms. The van der Waals surface area contributed by atoms with E-state index in [4.69, 9.17) is 12.2 Å². The first-order valence-corrected chi connectivity index (χ1v) is 9.33. The van der Waals surface area contributed by atoms with Crippen LogP contribution in [0, 0.1) is 0 Å². The third-order valence-corrected chi connectivity index (χ3v) is 5.01. The topological polar surface area (TPSA) is 52.7 Å². The van der Waals surface area contributed by atoms with E-state index in [1.807, 2.05) is 6.07 Å². The van der Waals surface area contributed by atoms with Crippen LogP contribution in [0.1, 0.15) is 30.9 Å². The van der Waals surface area contributed by atoms with Gasteiger partial charge < -0.3 is 4.90 Å². The lowest BCUT2D eigenvalue weighted by molar-refractivity contribution is -0.128. The molecule has 2 aliphatic heterocycles. The number of unbranched alkanes of at least 4 members (excludes halogenated alkanes) is 1. The smallest absolute Gasteiger partial charge is 0.265 e. The Balaban J connectivity index is 1.85. The van der Waals surface area contributed by atoms with Crippen molar-refractivity contribution in [1.82, 2.24) is 10.2 Å². The van der Waals surface area contributed by atoms with Crippen LogP contribution in [0.25, 0.3) is 6.08 Å². The number of fused-ring (bicyclic) bond motifs is 1. The molecule has 26 heavy (non-hydrogen) atoms. The molecule has 0 atom stereocenters. The molecule has 2 amide bonds. The highest BCUT2D eigenvalue weighted by atomic mass is 32.1. The molecule has 0 unspecified atom stereocenters. The molecule has 0 spiro atoms. The van der Waals surface area contributed by atoms with E-state index < -0.39 is 5.91 Å². The number of hydrogen-bond donors (Lipinski definition) is 1. The number of rotatable bonds is 6. The summed E-state index contributed by atoms with van der Waals surface area (Å²) in [5.41, 5.74) is 3.47. The first-order chi connectivity index (χ1) is 12.5. The van der Waals surface area contributed by atoms with Crippen LogP contribution in [0.15, 0.2) is 36.4 Å². The van der Waals surface area contributed by atoms with Gasteiger partial charge in [0.15, 0.2) is 5.11 Å². The fourth-order valence-electron chi connectivity index (χ4n) is 3.32. The minimum Gasteiger partial charge on any atom is -0.371 e. The summed E-state index contributed by atoms with van der Waals surface area (Å²) < 4.78 is 0. The molecule has 1 aromatic rings. The van der Waals surface area contributed by atoms with E-state index in [0.29, 0.717) is 0 Å². The number of carbonyl (C=O) groups excluding carboxylic acids is 2. The Morgan fingerprint density at radius 3 is 2.88 bits per heavy atom. The van der Waals surface area contributed by atoms with Gasteiger partial charge in [0.25, 0.3) is 11.8 Å². The SMILES string of the molecule is C=CCN1C(=O)/C(=C\c2ccc3c(c2)CCN3CCCC)C(=O)NC1=S. The molecule has 1 fully saturated rings. The molecule has 0 saturated carbocycles. The van der Waals surface area contributed by atoms with Crippen LogP contribution >= 0.6 is 12.2 Å². The van der Waals surface area contributed by atoms with E-state index in [0.717, 1.165) is 25.1 Å². The molecular formula is C20H23N3O2S. The standard InChI is InChI=1S/C20H23N3O2S/c1-3-5-10-22-11-8-15-12-14(6-7-17(15)22)13-16-18(24)21-20(26)23(9-4-2)19(16)25/h4,6-7,12-13H,2-3,5,8-11H2,1H3,(H,21,24,26)/b16-13-. The molecule has 2 heterocycles. The molecule has 6 heteroatoms. The van der Waals surface area contributed by atoms with Crippen LogP contribution in [0.5, 0.6) is 0 Å². The van der Waals surface area contributed by atoms with E-state index in [2.05, 4.69) is 35.9 Å². The summed E-state index contributed by atoms with van der Waals surface area (Å²) in [7, 11) is 0. The Morgan fingerprint density at radius 2 is 2.15 bits per heavy atom. The van der Waals surface area contributed by atoms with Crippen molar-refractivity contribution in [1.29, 1.82) is 0 Å². The lowest BCUT2D eigenvalue weighted by atomic mass is 10.0. The zero-order chi connectivity index (χ0) is 18.7. The number of hydrogen-bond acceptors (Lipinski definition) is 4. The number of amides is 2. The summed E-state index contributed by atoms with van der Waals surface area (Å²) in [6, 6.07) is 6.11. The average molecular weight is 369 g/mol. The van der Waals surface area contributed by atoms with E-state index in [1.165, 1.54) is 29.0 Å². The van der Waals surface area contributed by atoms with Gasteiger partial charge in [-0.15, -0.1) is 6.58 Å². The molecule has 1 N–H and O–H groups in total. The largest absolute Gasteiger partial charge is 0.371 e. The molecule has 1 aromatic carbocycles. The Bertz CT molecular complexity index is 800. The highest BCUT2D eigenvalue weighted by Crippen LogP contribution is 2.30. The monoisotopic (exact) mass is 369 g/mol. The van der Waals surface area contributed by atoms with Crippen LogP contribution in [-0.4, -0.2) is 41.5 Å². The zero-order valence-corrected chi connectivity index (χ0v) is 15.8. The fourth-order valence-corrected chi connectivity index (χ4v) is 3.57. The van der Waals surface area contributed by atoms with Crippen molar-refractivity contribution in [2.45, 2.75) is 26.2 Å². The van der Waals surface area contributed by atoms with Gasteiger partial charge in [-0.05, 0) is 54.4 Å². The Hall–Kier alpha value is -2.47. The van der Waals surface area contributed by atoms with Gasteiger partial charge in [0.05, 0.1) is 0 Å². The molecule has 136 valence electrons. The molecule has 3 rings (SSSR count). The average Bonchev–Trinajstić information content (AvgIpc) is 3.02. The van der Waals surface area contributed by atoms with E-state index in [-0.39, 0.29) is 23.1 Å². The Morgan fingerprint density at radius 1 is 1.35 bits per heavy atom. The maximum Gasteiger partial charge on any atom is 0.265 e. The lowest BCUT2D eigenvalue weighted by Gasteiger charge is -2.27. The van der Waals surface area contributed by atoms with Crippen molar-refractivity contribution >= 4 is 40.9 Å². The molecule has 1 saturated heterocycles. The second-order valence-corrected chi connectivity index (χ2v) is 6.89. The van der Waals surface area contributed by atoms with Crippen LogP contribution < -0.4 is 10.2 Å². The molecule has 0 aliphatic carbocycles. The van der Waals surface area contributed by atoms with Crippen LogP contribution in [-0.2, 0) is 16.0 Å². The predicted molar refractivity (Wildman–Crippen MR) is 108 cm³/mol. The number of thiocarbonyl (C=S) groups is 1. The van der Waals surface area contributed by atoms with Crippen LogP contribution in [0.3, 0.4) is 0 Å². The number of carbonyl (C=O) groups is 2. The summed E-state index contributed by atoms with van der Waals surface area (Å²) in [5, 5.41) is 2.69. The predicted octanol–water partition coefficient (Wildman–Crippen LogP) is 2.66. The van der Waals surface area contributed by atoms with Crippen molar-refractivity contribution in [2.75, 3.05) is 24.5 Å². The summed E-state index contributed by atoms with van der Waals surface area (Å²) in [4.78, 5) is 28.6. The maximum absolute atomic E-state index is 12.6. The van der Waals surface area contributed by atoms with Gasteiger partial charge in [0.1, 0.15) is 5.57 Å². The van der Waals surface area contributed by atoms with E-state index in [1.54, 1.807) is 12.2 Å². The minimum absolute atomic E-state index is 0.0984. The number of nitrogens with one attached hydrogen (secondary N) is 1. The normalized spacial score (nSPS) is 18.3.